The van der Waals surface area contributed by atoms with E-state index in [1.807, 2.05) is 0 Å². The molecular weight excluding hydrogens is 184 g/mol. The van der Waals surface area contributed by atoms with Crippen LogP contribution in [0.5, 0.6) is 0 Å². The normalized spacial score (nSPS) is 35.4. The van der Waals surface area contributed by atoms with Crippen LogP contribution in [0.3, 0.4) is 0 Å². The number of piperidine rings is 1. The summed E-state index contributed by atoms with van der Waals surface area (Å²) in [5, 5.41) is 0. The maximum Gasteiger partial charge on any atom is 0.0224 e. The number of hydrogen-bond donors (Lipinski definition) is 1. The lowest BCUT2D eigenvalue weighted by Gasteiger charge is -2.45. The predicted molar refractivity (Wildman–Crippen MR) is 64.8 cm³/mol. The molecule has 2 fully saturated rings. The van der Waals surface area contributed by atoms with Crippen LogP contribution in [0.2, 0.25) is 0 Å². The first-order valence-corrected chi connectivity index (χ1v) is 6.75. The highest BCUT2D eigenvalue weighted by molar-refractivity contribution is 4.94. The van der Waals surface area contributed by atoms with Gasteiger partial charge in [0.2, 0.25) is 0 Å². The van der Waals surface area contributed by atoms with Crippen molar-refractivity contribution in [3.63, 3.8) is 0 Å². The molecule has 1 heterocycles. The number of nitrogens with zero attached hydrogens (tertiary/aromatic N) is 1. The van der Waals surface area contributed by atoms with Gasteiger partial charge in [-0.05, 0) is 44.9 Å². The summed E-state index contributed by atoms with van der Waals surface area (Å²) in [6.07, 6.45) is 8.30. The molecule has 0 aromatic heterocycles. The van der Waals surface area contributed by atoms with Crippen molar-refractivity contribution in [1.29, 1.82) is 0 Å². The minimum absolute atomic E-state index is 0.666. The van der Waals surface area contributed by atoms with E-state index in [2.05, 4.69) is 18.7 Å². The summed E-state index contributed by atoms with van der Waals surface area (Å²) in [7, 11) is 0. The van der Waals surface area contributed by atoms with E-state index in [1.165, 1.54) is 38.5 Å². The second-order valence-corrected chi connectivity index (χ2v) is 5.43. The van der Waals surface area contributed by atoms with Crippen LogP contribution in [-0.4, -0.2) is 29.6 Å². The molecule has 0 aromatic carbocycles. The van der Waals surface area contributed by atoms with E-state index in [4.69, 9.17) is 5.73 Å². The number of likely N-dealkylation sites (tertiary alicyclic amines) is 1. The monoisotopic (exact) mass is 210 g/mol. The summed E-state index contributed by atoms with van der Waals surface area (Å²) in [5.74, 6) is 0.990. The van der Waals surface area contributed by atoms with Gasteiger partial charge in [-0.25, -0.2) is 0 Å². The molecule has 0 amide bonds. The van der Waals surface area contributed by atoms with Crippen molar-refractivity contribution in [2.45, 2.75) is 70.5 Å². The summed E-state index contributed by atoms with van der Waals surface area (Å²) in [6.45, 7) is 5.60. The summed E-state index contributed by atoms with van der Waals surface area (Å²) in [4.78, 5) is 2.77. The van der Waals surface area contributed by atoms with E-state index in [9.17, 15) is 0 Å². The Kier molecular flexibility index (Phi) is 3.68. The second kappa shape index (κ2) is 4.84. The highest BCUT2D eigenvalue weighted by Gasteiger charge is 2.39. The highest BCUT2D eigenvalue weighted by atomic mass is 15.2. The zero-order valence-electron chi connectivity index (χ0n) is 10.3. The van der Waals surface area contributed by atoms with Crippen LogP contribution in [0.15, 0.2) is 0 Å². The SMILES string of the molecule is CCC(C1CC1)N1C(C)CCCC1CN. The van der Waals surface area contributed by atoms with Gasteiger partial charge in [0, 0.05) is 24.7 Å². The molecule has 2 rings (SSSR count). The Labute approximate surface area is 94.2 Å². The highest BCUT2D eigenvalue weighted by Crippen LogP contribution is 2.40. The van der Waals surface area contributed by atoms with Gasteiger partial charge in [-0.1, -0.05) is 13.3 Å². The van der Waals surface area contributed by atoms with E-state index >= 15 is 0 Å². The predicted octanol–water partition coefficient (Wildman–Crippen LogP) is 2.38. The van der Waals surface area contributed by atoms with Gasteiger partial charge in [-0.3, -0.25) is 4.90 Å². The van der Waals surface area contributed by atoms with Crippen molar-refractivity contribution in [1.82, 2.24) is 4.90 Å². The molecule has 1 aliphatic heterocycles. The Bertz CT molecular complexity index is 201. The third kappa shape index (κ3) is 2.36. The van der Waals surface area contributed by atoms with Crippen LogP contribution in [-0.2, 0) is 0 Å². The molecule has 2 aliphatic rings. The first-order chi connectivity index (χ1) is 7.27. The molecule has 2 N–H and O–H groups in total. The Hall–Kier alpha value is -0.0800. The van der Waals surface area contributed by atoms with Crippen molar-refractivity contribution in [3.05, 3.63) is 0 Å². The van der Waals surface area contributed by atoms with E-state index in [1.54, 1.807) is 0 Å². The van der Waals surface area contributed by atoms with Gasteiger partial charge in [0.15, 0.2) is 0 Å². The fourth-order valence-corrected chi connectivity index (χ4v) is 3.41. The van der Waals surface area contributed by atoms with Crippen LogP contribution >= 0.6 is 0 Å². The fourth-order valence-electron chi connectivity index (χ4n) is 3.41. The van der Waals surface area contributed by atoms with E-state index in [0.29, 0.717) is 6.04 Å². The van der Waals surface area contributed by atoms with Gasteiger partial charge in [-0.15, -0.1) is 0 Å². The van der Waals surface area contributed by atoms with Crippen molar-refractivity contribution in [2.75, 3.05) is 6.54 Å². The van der Waals surface area contributed by atoms with E-state index in [-0.39, 0.29) is 0 Å². The quantitative estimate of drug-likeness (QED) is 0.772. The summed E-state index contributed by atoms with van der Waals surface area (Å²) >= 11 is 0. The molecule has 2 nitrogen and oxygen atoms in total. The third-order valence-electron chi connectivity index (χ3n) is 4.33. The summed E-state index contributed by atoms with van der Waals surface area (Å²) < 4.78 is 0. The Balaban J connectivity index is 2.05. The van der Waals surface area contributed by atoms with Crippen LogP contribution in [0, 0.1) is 5.92 Å². The van der Waals surface area contributed by atoms with Crippen molar-refractivity contribution >= 4 is 0 Å². The summed E-state index contributed by atoms with van der Waals surface area (Å²) in [6, 6.07) is 2.26. The zero-order valence-corrected chi connectivity index (χ0v) is 10.3. The maximum absolute atomic E-state index is 5.93. The molecule has 3 unspecified atom stereocenters. The molecule has 1 saturated heterocycles. The van der Waals surface area contributed by atoms with Gasteiger partial charge < -0.3 is 5.73 Å². The number of hydrogen-bond acceptors (Lipinski definition) is 2. The minimum Gasteiger partial charge on any atom is -0.329 e. The molecule has 0 radical (unpaired) electrons. The van der Waals surface area contributed by atoms with Crippen LogP contribution < -0.4 is 5.73 Å². The van der Waals surface area contributed by atoms with E-state index < -0.39 is 0 Å². The summed E-state index contributed by atoms with van der Waals surface area (Å²) in [5.41, 5.74) is 5.93. The van der Waals surface area contributed by atoms with Crippen LogP contribution in [0.25, 0.3) is 0 Å². The molecule has 1 aliphatic carbocycles. The van der Waals surface area contributed by atoms with Gasteiger partial charge in [0.25, 0.3) is 0 Å². The van der Waals surface area contributed by atoms with Crippen LogP contribution in [0.1, 0.15) is 52.4 Å². The van der Waals surface area contributed by atoms with Gasteiger partial charge in [0.1, 0.15) is 0 Å². The Morgan fingerprint density at radius 3 is 2.53 bits per heavy atom. The third-order valence-corrected chi connectivity index (χ3v) is 4.33. The lowest BCUT2D eigenvalue weighted by atomic mass is 9.92. The van der Waals surface area contributed by atoms with Crippen molar-refractivity contribution in [2.24, 2.45) is 11.7 Å². The topological polar surface area (TPSA) is 29.3 Å². The lowest BCUT2D eigenvalue weighted by Crippen LogP contribution is -2.54. The van der Waals surface area contributed by atoms with E-state index in [0.717, 1.165) is 24.5 Å². The molecule has 1 saturated carbocycles. The van der Waals surface area contributed by atoms with Crippen molar-refractivity contribution < 1.29 is 0 Å². The molecule has 88 valence electrons. The minimum atomic E-state index is 0.666. The molecule has 0 spiro atoms. The Morgan fingerprint density at radius 2 is 2.00 bits per heavy atom. The molecule has 0 bridgehead atoms. The average Bonchev–Trinajstić information content (AvgIpc) is 3.05. The molecular formula is C13H26N2. The maximum atomic E-state index is 5.93. The molecule has 3 atom stereocenters. The molecule has 15 heavy (non-hydrogen) atoms. The van der Waals surface area contributed by atoms with Crippen LogP contribution in [0.4, 0.5) is 0 Å². The van der Waals surface area contributed by atoms with Gasteiger partial charge in [-0.2, -0.15) is 0 Å². The molecule has 2 heteroatoms. The average molecular weight is 210 g/mol. The lowest BCUT2D eigenvalue weighted by molar-refractivity contribution is 0.0380. The Morgan fingerprint density at radius 1 is 1.27 bits per heavy atom. The van der Waals surface area contributed by atoms with Gasteiger partial charge in [0.05, 0.1) is 0 Å². The number of nitrogens with two attached hydrogens (primary N) is 1. The largest absolute Gasteiger partial charge is 0.329 e. The first kappa shape index (κ1) is 11.4. The number of rotatable bonds is 4. The van der Waals surface area contributed by atoms with Crippen molar-refractivity contribution in [3.8, 4) is 0 Å². The van der Waals surface area contributed by atoms with Gasteiger partial charge >= 0.3 is 0 Å². The molecule has 0 aromatic rings. The standard InChI is InChI=1S/C13H26N2/c1-3-13(11-7-8-11)15-10(2)5-4-6-12(15)9-14/h10-13H,3-9,14H2,1-2H3. The smallest absolute Gasteiger partial charge is 0.0224 e. The first-order valence-electron chi connectivity index (χ1n) is 6.75. The fraction of sp³-hybridized carbons (Fsp3) is 1.00. The second-order valence-electron chi connectivity index (χ2n) is 5.43. The zero-order chi connectivity index (χ0) is 10.8.